The van der Waals surface area contributed by atoms with E-state index in [9.17, 15) is 9.59 Å². The van der Waals surface area contributed by atoms with Gasteiger partial charge in [-0.3, -0.25) is 9.69 Å². The normalized spacial score (nSPS) is 14.2. The Hall–Kier alpha value is -3.06. The number of rotatable bonds is 8. The Bertz CT molecular complexity index is 792. The van der Waals surface area contributed by atoms with Gasteiger partial charge in [0.05, 0.1) is 6.54 Å². The maximum Gasteiger partial charge on any atom is 0.317 e. The molecule has 7 heteroatoms. The second kappa shape index (κ2) is 11.2. The average Bonchev–Trinajstić information content (AvgIpc) is 2.78. The van der Waals surface area contributed by atoms with Gasteiger partial charge < -0.3 is 20.4 Å². The molecule has 160 valence electrons. The molecule has 0 radical (unpaired) electrons. The first-order valence-electron chi connectivity index (χ1n) is 10.5. The van der Waals surface area contributed by atoms with Crippen molar-refractivity contribution < 1.29 is 9.59 Å². The van der Waals surface area contributed by atoms with Gasteiger partial charge in [-0.1, -0.05) is 36.4 Å². The molecule has 3 amide bonds. The van der Waals surface area contributed by atoms with Gasteiger partial charge in [0.25, 0.3) is 0 Å². The summed E-state index contributed by atoms with van der Waals surface area (Å²) in [5.74, 6) is -0.0263. The van der Waals surface area contributed by atoms with Crippen LogP contribution in [0, 0.1) is 0 Å². The van der Waals surface area contributed by atoms with Gasteiger partial charge in [0.2, 0.25) is 5.91 Å². The number of amides is 3. The predicted molar refractivity (Wildman–Crippen MR) is 121 cm³/mol. The number of nitrogens with one attached hydrogen (secondary N) is 2. The Morgan fingerprint density at radius 1 is 0.933 bits per heavy atom. The third-order valence-electron chi connectivity index (χ3n) is 5.23. The summed E-state index contributed by atoms with van der Waals surface area (Å²) in [6.45, 7) is 4.54. The van der Waals surface area contributed by atoms with Crippen molar-refractivity contribution in [2.45, 2.75) is 6.42 Å². The molecule has 0 bridgehead atoms. The van der Waals surface area contributed by atoms with Crippen LogP contribution in [0.25, 0.3) is 0 Å². The van der Waals surface area contributed by atoms with Crippen molar-refractivity contribution in [2.75, 3.05) is 63.1 Å². The van der Waals surface area contributed by atoms with Gasteiger partial charge in [-0.15, -0.1) is 0 Å². The Labute approximate surface area is 178 Å². The van der Waals surface area contributed by atoms with E-state index in [0.717, 1.165) is 18.7 Å². The molecule has 2 N–H and O–H groups in total. The number of carbonyl (C=O) groups is 2. The highest BCUT2D eigenvalue weighted by molar-refractivity contribution is 5.92. The highest BCUT2D eigenvalue weighted by Gasteiger charge is 2.22. The number of piperazine rings is 1. The maximum atomic E-state index is 12.4. The second-order valence-corrected chi connectivity index (χ2v) is 7.52. The molecule has 0 aromatic heterocycles. The van der Waals surface area contributed by atoms with Crippen molar-refractivity contribution >= 4 is 23.3 Å². The molecule has 2 aromatic rings. The van der Waals surface area contributed by atoms with Crippen LogP contribution >= 0.6 is 0 Å². The van der Waals surface area contributed by atoms with Gasteiger partial charge in [0.15, 0.2) is 0 Å². The molecule has 1 saturated heterocycles. The first-order valence-corrected chi connectivity index (χ1v) is 10.5. The standard InChI is InChI=1S/C23H31N5O2/c1-26(21-11-6-3-7-12-21)14-8-13-24-23(30)28-17-15-27(16-18-28)19-22(29)25-20-9-4-2-5-10-20/h2-7,9-12H,8,13-19H2,1H3,(H,24,30)(H,25,29). The minimum absolute atomic E-state index is 0.0225. The van der Waals surface area contributed by atoms with Gasteiger partial charge in [-0.05, 0) is 30.7 Å². The summed E-state index contributed by atoms with van der Waals surface area (Å²) in [7, 11) is 2.06. The summed E-state index contributed by atoms with van der Waals surface area (Å²) < 4.78 is 0. The van der Waals surface area contributed by atoms with E-state index < -0.39 is 0 Å². The molecule has 0 unspecified atom stereocenters. The van der Waals surface area contributed by atoms with E-state index >= 15 is 0 Å². The van der Waals surface area contributed by atoms with Crippen LogP contribution in [0.2, 0.25) is 0 Å². The van der Waals surface area contributed by atoms with Crippen molar-refractivity contribution in [2.24, 2.45) is 0 Å². The third-order valence-corrected chi connectivity index (χ3v) is 5.23. The number of benzene rings is 2. The lowest BCUT2D eigenvalue weighted by Gasteiger charge is -2.34. The molecule has 0 spiro atoms. The van der Waals surface area contributed by atoms with E-state index in [4.69, 9.17) is 0 Å². The minimum Gasteiger partial charge on any atom is -0.375 e. The molecule has 0 atom stereocenters. The highest BCUT2D eigenvalue weighted by atomic mass is 16.2. The van der Waals surface area contributed by atoms with E-state index in [1.807, 2.05) is 53.4 Å². The summed E-state index contributed by atoms with van der Waals surface area (Å²) in [5.41, 5.74) is 1.98. The van der Waals surface area contributed by atoms with Crippen molar-refractivity contribution in [3.8, 4) is 0 Å². The number of anilines is 2. The average molecular weight is 410 g/mol. The first-order chi connectivity index (χ1) is 14.6. The van der Waals surface area contributed by atoms with Gasteiger partial charge in [0, 0.05) is 57.7 Å². The Balaban J connectivity index is 1.30. The number of hydrogen-bond acceptors (Lipinski definition) is 4. The molecule has 1 fully saturated rings. The van der Waals surface area contributed by atoms with Crippen LogP contribution in [0.3, 0.4) is 0 Å². The second-order valence-electron chi connectivity index (χ2n) is 7.52. The zero-order chi connectivity index (χ0) is 21.2. The zero-order valence-electron chi connectivity index (χ0n) is 17.6. The lowest BCUT2D eigenvalue weighted by atomic mass is 10.3. The number of nitrogens with zero attached hydrogens (tertiary/aromatic N) is 3. The Morgan fingerprint density at radius 3 is 2.23 bits per heavy atom. The lowest BCUT2D eigenvalue weighted by molar-refractivity contribution is -0.117. The fourth-order valence-corrected chi connectivity index (χ4v) is 3.47. The molecule has 30 heavy (non-hydrogen) atoms. The van der Waals surface area contributed by atoms with Gasteiger partial charge in [-0.25, -0.2) is 4.79 Å². The monoisotopic (exact) mass is 409 g/mol. The highest BCUT2D eigenvalue weighted by Crippen LogP contribution is 2.11. The largest absolute Gasteiger partial charge is 0.375 e. The topological polar surface area (TPSA) is 67.9 Å². The number of hydrogen-bond donors (Lipinski definition) is 2. The molecule has 1 aliphatic heterocycles. The van der Waals surface area contributed by atoms with Crippen LogP contribution in [0.15, 0.2) is 60.7 Å². The maximum absolute atomic E-state index is 12.4. The fraction of sp³-hybridized carbons (Fsp3) is 0.391. The molecule has 1 aliphatic rings. The number of urea groups is 1. The number of carbonyl (C=O) groups excluding carboxylic acids is 2. The summed E-state index contributed by atoms with van der Waals surface area (Å²) in [5, 5.41) is 5.91. The molecule has 0 saturated carbocycles. The van der Waals surface area contributed by atoms with Crippen LogP contribution in [-0.2, 0) is 4.79 Å². The van der Waals surface area contributed by atoms with E-state index in [-0.39, 0.29) is 11.9 Å². The van der Waals surface area contributed by atoms with Crippen molar-refractivity contribution in [1.29, 1.82) is 0 Å². The van der Waals surface area contributed by atoms with Crippen molar-refractivity contribution in [3.63, 3.8) is 0 Å². The predicted octanol–water partition coefficient (Wildman–Crippen LogP) is 2.48. The van der Waals surface area contributed by atoms with Crippen LogP contribution in [0.1, 0.15) is 6.42 Å². The van der Waals surface area contributed by atoms with Gasteiger partial charge in [0.1, 0.15) is 0 Å². The molecular weight excluding hydrogens is 378 g/mol. The smallest absolute Gasteiger partial charge is 0.317 e. The van der Waals surface area contributed by atoms with Gasteiger partial charge >= 0.3 is 6.03 Å². The quantitative estimate of drug-likeness (QED) is 0.658. The van der Waals surface area contributed by atoms with Gasteiger partial charge in [-0.2, -0.15) is 0 Å². The molecule has 0 aliphatic carbocycles. The SMILES string of the molecule is CN(CCCNC(=O)N1CCN(CC(=O)Nc2ccccc2)CC1)c1ccccc1. The molecule has 2 aromatic carbocycles. The summed E-state index contributed by atoms with van der Waals surface area (Å²) in [6, 6.07) is 19.7. The molecule has 3 rings (SSSR count). The van der Waals surface area contributed by atoms with Crippen molar-refractivity contribution in [3.05, 3.63) is 60.7 Å². The van der Waals surface area contributed by atoms with Crippen LogP contribution in [0.5, 0.6) is 0 Å². The lowest BCUT2D eigenvalue weighted by Crippen LogP contribution is -2.53. The summed E-state index contributed by atoms with van der Waals surface area (Å²) in [6.07, 6.45) is 0.886. The summed E-state index contributed by atoms with van der Waals surface area (Å²) in [4.78, 5) is 30.7. The summed E-state index contributed by atoms with van der Waals surface area (Å²) >= 11 is 0. The van der Waals surface area contributed by atoms with Crippen LogP contribution in [-0.4, -0.2) is 74.6 Å². The minimum atomic E-state index is -0.0263. The van der Waals surface area contributed by atoms with E-state index in [2.05, 4.69) is 39.6 Å². The Kier molecular flexibility index (Phi) is 8.09. The molecule has 7 nitrogen and oxygen atoms in total. The van der Waals surface area contributed by atoms with E-state index in [0.29, 0.717) is 39.3 Å². The van der Waals surface area contributed by atoms with Crippen molar-refractivity contribution in [1.82, 2.24) is 15.1 Å². The van der Waals surface area contributed by atoms with Crippen LogP contribution < -0.4 is 15.5 Å². The Morgan fingerprint density at radius 2 is 1.57 bits per heavy atom. The molecule has 1 heterocycles. The third kappa shape index (κ3) is 6.77. The van der Waals surface area contributed by atoms with Crippen LogP contribution in [0.4, 0.5) is 16.2 Å². The first kappa shape index (κ1) is 21.6. The van der Waals surface area contributed by atoms with E-state index in [1.54, 1.807) is 0 Å². The fourth-order valence-electron chi connectivity index (χ4n) is 3.47. The zero-order valence-corrected chi connectivity index (χ0v) is 17.6. The number of para-hydroxylation sites is 2. The molecular formula is C23H31N5O2. The van der Waals surface area contributed by atoms with E-state index in [1.165, 1.54) is 5.69 Å².